The molecule has 1 aliphatic rings. The van der Waals surface area contributed by atoms with Crippen LogP contribution in [-0.2, 0) is 6.42 Å². The number of nitrogens with one attached hydrogen (secondary N) is 1. The number of hydrogen-bond acceptors (Lipinski definition) is 3. The number of ether oxygens (including phenoxy) is 1. The normalized spacial score (nSPS) is 18.2. The predicted octanol–water partition coefficient (Wildman–Crippen LogP) is 3.30. The fourth-order valence-electron chi connectivity index (χ4n) is 3.01. The summed E-state index contributed by atoms with van der Waals surface area (Å²) >= 11 is 0. The van der Waals surface area contributed by atoms with Gasteiger partial charge in [0.2, 0.25) is 0 Å². The summed E-state index contributed by atoms with van der Waals surface area (Å²) in [4.78, 5) is 0. The molecule has 1 aromatic rings. The smallest absolute Gasteiger partial charge is 0.119 e. The molecule has 1 aliphatic carbocycles. The Balaban J connectivity index is 1.85. The average molecular weight is 291 g/mol. The van der Waals surface area contributed by atoms with E-state index >= 15 is 0 Å². The van der Waals surface area contributed by atoms with E-state index in [1.165, 1.54) is 18.4 Å². The van der Waals surface area contributed by atoms with Crippen LogP contribution in [0, 0.1) is 0 Å². The van der Waals surface area contributed by atoms with Crippen molar-refractivity contribution in [1.29, 1.82) is 0 Å². The highest BCUT2D eigenvalue weighted by molar-refractivity contribution is 5.28. The zero-order chi connectivity index (χ0) is 15.0. The summed E-state index contributed by atoms with van der Waals surface area (Å²) in [6, 6.07) is 8.28. The van der Waals surface area contributed by atoms with Crippen molar-refractivity contribution >= 4 is 0 Å². The van der Waals surface area contributed by atoms with E-state index in [4.69, 9.17) is 4.74 Å². The van der Waals surface area contributed by atoms with Crippen LogP contribution in [0.4, 0.5) is 0 Å². The van der Waals surface area contributed by atoms with Gasteiger partial charge in [-0.05, 0) is 57.0 Å². The van der Waals surface area contributed by atoms with E-state index in [-0.39, 0.29) is 0 Å². The molecule has 0 unspecified atom stereocenters. The van der Waals surface area contributed by atoms with E-state index in [2.05, 4.69) is 17.4 Å². The Kier molecular flexibility index (Phi) is 6.52. The van der Waals surface area contributed by atoms with Crippen molar-refractivity contribution in [2.24, 2.45) is 0 Å². The fraction of sp³-hybridized carbons (Fsp3) is 0.667. The highest BCUT2D eigenvalue weighted by Gasteiger charge is 2.28. The average Bonchev–Trinajstić information content (AvgIpc) is 2.71. The van der Waals surface area contributed by atoms with Crippen molar-refractivity contribution in [2.75, 3.05) is 20.2 Å². The monoisotopic (exact) mass is 291 g/mol. The molecule has 0 atom stereocenters. The Hall–Kier alpha value is -1.06. The predicted molar refractivity (Wildman–Crippen MR) is 86.8 cm³/mol. The lowest BCUT2D eigenvalue weighted by Gasteiger charge is -2.26. The lowest BCUT2D eigenvalue weighted by molar-refractivity contribution is -0.0173. The molecule has 1 saturated carbocycles. The van der Waals surface area contributed by atoms with Crippen LogP contribution in [-0.4, -0.2) is 30.9 Å². The van der Waals surface area contributed by atoms with Gasteiger partial charge in [0.25, 0.3) is 0 Å². The molecule has 1 fully saturated rings. The van der Waals surface area contributed by atoms with Crippen LogP contribution in [0.3, 0.4) is 0 Å². The van der Waals surface area contributed by atoms with Gasteiger partial charge in [-0.1, -0.05) is 37.8 Å². The molecule has 118 valence electrons. The van der Waals surface area contributed by atoms with Crippen molar-refractivity contribution in [3.05, 3.63) is 29.8 Å². The molecule has 0 aromatic heterocycles. The Labute approximate surface area is 128 Å². The molecule has 0 radical (unpaired) electrons. The molecule has 1 aromatic carbocycles. The van der Waals surface area contributed by atoms with Crippen LogP contribution < -0.4 is 10.1 Å². The molecule has 2 rings (SSSR count). The van der Waals surface area contributed by atoms with Gasteiger partial charge in [0.05, 0.1) is 5.60 Å². The number of aryl methyl sites for hydroxylation is 1. The van der Waals surface area contributed by atoms with E-state index in [0.717, 1.165) is 50.8 Å². The molecule has 0 spiro atoms. The third kappa shape index (κ3) is 5.68. The Bertz CT molecular complexity index is 411. The Morgan fingerprint density at radius 2 is 1.95 bits per heavy atom. The van der Waals surface area contributed by atoms with Gasteiger partial charge in [-0.25, -0.2) is 0 Å². The van der Waals surface area contributed by atoms with Crippen molar-refractivity contribution in [1.82, 2.24) is 5.32 Å². The molecule has 0 amide bonds. The first-order valence-corrected chi connectivity index (χ1v) is 8.31. The molecule has 0 saturated heterocycles. The maximum Gasteiger partial charge on any atom is 0.119 e. The molecular weight excluding hydrogens is 262 g/mol. The van der Waals surface area contributed by atoms with Gasteiger partial charge in [-0.15, -0.1) is 0 Å². The third-order valence-corrected chi connectivity index (χ3v) is 4.33. The number of benzene rings is 1. The summed E-state index contributed by atoms with van der Waals surface area (Å²) in [5.74, 6) is 0.884. The van der Waals surface area contributed by atoms with E-state index in [0.29, 0.717) is 6.61 Å². The van der Waals surface area contributed by atoms with Crippen LogP contribution in [0.1, 0.15) is 50.5 Å². The first-order chi connectivity index (χ1) is 10.2. The minimum atomic E-state index is -0.626. The summed E-state index contributed by atoms with van der Waals surface area (Å²) in [5, 5.41) is 13.8. The summed E-state index contributed by atoms with van der Waals surface area (Å²) in [5.41, 5.74) is 0.675. The van der Waals surface area contributed by atoms with Crippen LogP contribution in [0.5, 0.6) is 5.75 Å². The zero-order valence-electron chi connectivity index (χ0n) is 13.2. The van der Waals surface area contributed by atoms with Crippen molar-refractivity contribution in [2.45, 2.75) is 57.0 Å². The van der Waals surface area contributed by atoms with Crippen LogP contribution >= 0.6 is 0 Å². The lowest BCUT2D eigenvalue weighted by atomic mass is 9.96. The van der Waals surface area contributed by atoms with Gasteiger partial charge in [0.1, 0.15) is 12.4 Å². The number of aliphatic hydroxyl groups is 1. The van der Waals surface area contributed by atoms with Gasteiger partial charge < -0.3 is 15.2 Å². The van der Waals surface area contributed by atoms with Crippen molar-refractivity contribution in [3.8, 4) is 5.75 Å². The number of rotatable bonds is 7. The highest BCUT2D eigenvalue weighted by Crippen LogP contribution is 2.28. The maximum atomic E-state index is 10.6. The second-order valence-electron chi connectivity index (χ2n) is 6.28. The zero-order valence-corrected chi connectivity index (χ0v) is 13.2. The molecule has 21 heavy (non-hydrogen) atoms. The molecular formula is C18H29NO2. The maximum absolute atomic E-state index is 10.6. The Morgan fingerprint density at radius 1 is 1.19 bits per heavy atom. The second kappa shape index (κ2) is 8.40. The van der Waals surface area contributed by atoms with Gasteiger partial charge in [-0.3, -0.25) is 0 Å². The van der Waals surface area contributed by atoms with E-state index in [1.54, 1.807) is 0 Å². The third-order valence-electron chi connectivity index (χ3n) is 4.33. The van der Waals surface area contributed by atoms with Crippen molar-refractivity contribution in [3.63, 3.8) is 0 Å². The van der Waals surface area contributed by atoms with Gasteiger partial charge in [0.15, 0.2) is 0 Å². The number of hydrogen-bond donors (Lipinski definition) is 2. The van der Waals surface area contributed by atoms with Gasteiger partial charge >= 0.3 is 0 Å². The summed E-state index contributed by atoms with van der Waals surface area (Å²) in [7, 11) is 1.98. The standard InChI is InChI=1S/C18H29NO2/c1-19-13-7-9-16-8-6-10-17(14-16)21-15-18(20)11-4-2-3-5-12-18/h6,8,10,14,19-20H,2-5,7,9,11-13,15H2,1H3. The second-order valence-corrected chi connectivity index (χ2v) is 6.28. The quantitative estimate of drug-likeness (QED) is 0.598. The SMILES string of the molecule is CNCCCc1cccc(OCC2(O)CCCCCC2)c1. The minimum Gasteiger partial charge on any atom is -0.491 e. The van der Waals surface area contributed by atoms with Crippen LogP contribution in [0.25, 0.3) is 0 Å². The molecule has 0 aliphatic heterocycles. The van der Waals surface area contributed by atoms with Crippen LogP contribution in [0.15, 0.2) is 24.3 Å². The first kappa shape index (κ1) is 16.3. The van der Waals surface area contributed by atoms with E-state index in [9.17, 15) is 5.11 Å². The van der Waals surface area contributed by atoms with E-state index < -0.39 is 5.60 Å². The molecule has 0 bridgehead atoms. The minimum absolute atomic E-state index is 0.424. The summed E-state index contributed by atoms with van der Waals surface area (Å²) in [6.45, 7) is 1.46. The molecule has 2 N–H and O–H groups in total. The fourth-order valence-corrected chi connectivity index (χ4v) is 3.01. The molecule has 0 heterocycles. The lowest BCUT2D eigenvalue weighted by Crippen LogP contribution is -2.35. The van der Waals surface area contributed by atoms with Crippen LogP contribution in [0.2, 0.25) is 0 Å². The first-order valence-electron chi connectivity index (χ1n) is 8.31. The summed E-state index contributed by atoms with van der Waals surface area (Å²) in [6.07, 6.45) is 8.64. The van der Waals surface area contributed by atoms with E-state index in [1.807, 2.05) is 19.2 Å². The topological polar surface area (TPSA) is 41.5 Å². The summed E-state index contributed by atoms with van der Waals surface area (Å²) < 4.78 is 5.89. The van der Waals surface area contributed by atoms with Gasteiger partial charge in [0, 0.05) is 0 Å². The van der Waals surface area contributed by atoms with Gasteiger partial charge in [-0.2, -0.15) is 0 Å². The Morgan fingerprint density at radius 3 is 2.67 bits per heavy atom. The molecule has 3 heteroatoms. The highest BCUT2D eigenvalue weighted by atomic mass is 16.5. The van der Waals surface area contributed by atoms with Crippen molar-refractivity contribution < 1.29 is 9.84 Å². The largest absolute Gasteiger partial charge is 0.491 e. The molecule has 3 nitrogen and oxygen atoms in total.